The molecule has 0 unspecified atom stereocenters. The number of aromatic nitrogens is 3. The molecule has 0 amide bonds. The van der Waals surface area contributed by atoms with E-state index in [-0.39, 0.29) is 0 Å². The van der Waals surface area contributed by atoms with E-state index in [9.17, 15) is 0 Å². The number of nitrogens with zero attached hydrogens (tertiary/aromatic N) is 2. The van der Waals surface area contributed by atoms with Gasteiger partial charge in [-0.1, -0.05) is 0 Å². The minimum absolute atomic E-state index is 0.942. The summed E-state index contributed by atoms with van der Waals surface area (Å²) in [5.41, 5.74) is 4.40. The van der Waals surface area contributed by atoms with Crippen molar-refractivity contribution in [3.63, 3.8) is 0 Å². The predicted octanol–water partition coefficient (Wildman–Crippen LogP) is 3.73. The lowest BCUT2D eigenvalue weighted by atomic mass is 10.3. The van der Waals surface area contributed by atoms with Crippen LogP contribution in [0.2, 0.25) is 0 Å². The zero-order valence-corrected chi connectivity index (χ0v) is 11.2. The number of halogens is 1. The van der Waals surface area contributed by atoms with E-state index in [1.807, 2.05) is 12.3 Å². The second-order valence-corrected chi connectivity index (χ2v) is 5.01. The van der Waals surface area contributed by atoms with Crippen LogP contribution in [0, 0.1) is 13.8 Å². The van der Waals surface area contributed by atoms with Gasteiger partial charge in [0, 0.05) is 17.6 Å². The van der Waals surface area contributed by atoms with E-state index in [0.29, 0.717) is 0 Å². The maximum absolute atomic E-state index is 4.68. The molecule has 0 aliphatic heterocycles. The molecule has 0 saturated heterocycles. The molecule has 86 valence electrons. The van der Waals surface area contributed by atoms with Crippen LogP contribution in [0.15, 0.2) is 34.9 Å². The Labute approximate surface area is 108 Å². The van der Waals surface area contributed by atoms with Gasteiger partial charge in [0.25, 0.3) is 0 Å². The van der Waals surface area contributed by atoms with Crippen molar-refractivity contribution in [2.75, 3.05) is 0 Å². The fraction of sp³-hybridized carbons (Fsp3) is 0.154. The Hall–Kier alpha value is -1.55. The van der Waals surface area contributed by atoms with E-state index in [0.717, 1.165) is 21.3 Å². The van der Waals surface area contributed by atoms with Crippen molar-refractivity contribution in [3.05, 3.63) is 46.3 Å². The Balaban J connectivity index is 2.33. The van der Waals surface area contributed by atoms with Crippen LogP contribution < -0.4 is 0 Å². The summed E-state index contributed by atoms with van der Waals surface area (Å²) in [5, 5.41) is 0. The third kappa shape index (κ3) is 1.60. The molecule has 3 rings (SSSR count). The minimum atomic E-state index is 0.942. The lowest BCUT2D eigenvalue weighted by Gasteiger charge is -2.10. The Morgan fingerprint density at radius 1 is 1.18 bits per heavy atom. The zero-order chi connectivity index (χ0) is 12.0. The largest absolute Gasteiger partial charge is 0.360 e. The second-order valence-electron chi connectivity index (χ2n) is 4.16. The van der Waals surface area contributed by atoms with Crippen LogP contribution in [0.1, 0.15) is 11.4 Å². The summed E-state index contributed by atoms with van der Waals surface area (Å²) in [6.07, 6.45) is 1.91. The summed E-state index contributed by atoms with van der Waals surface area (Å²) in [6.45, 7) is 4.17. The number of fused-ring (bicyclic) bond motifs is 1. The van der Waals surface area contributed by atoms with Crippen molar-refractivity contribution in [2.45, 2.75) is 13.8 Å². The van der Waals surface area contributed by atoms with Gasteiger partial charge in [0.05, 0.1) is 15.5 Å². The highest BCUT2D eigenvalue weighted by Crippen LogP contribution is 2.26. The second kappa shape index (κ2) is 3.74. The van der Waals surface area contributed by atoms with Gasteiger partial charge in [0.1, 0.15) is 0 Å². The number of pyridine rings is 1. The number of hydrogen-bond donors (Lipinski definition) is 1. The smallest absolute Gasteiger partial charge is 0.152 e. The highest BCUT2D eigenvalue weighted by molar-refractivity contribution is 9.10. The van der Waals surface area contributed by atoms with Crippen LogP contribution >= 0.6 is 15.9 Å². The van der Waals surface area contributed by atoms with Gasteiger partial charge in [-0.3, -0.25) is 0 Å². The van der Waals surface area contributed by atoms with Crippen LogP contribution in [0.5, 0.6) is 0 Å². The highest BCUT2D eigenvalue weighted by Gasteiger charge is 2.10. The first-order valence-electron chi connectivity index (χ1n) is 5.46. The maximum Gasteiger partial charge on any atom is 0.152 e. The normalized spacial score (nSPS) is 11.2. The number of rotatable bonds is 1. The Kier molecular flexibility index (Phi) is 2.33. The molecule has 0 radical (unpaired) electrons. The summed E-state index contributed by atoms with van der Waals surface area (Å²) >= 11 is 3.59. The van der Waals surface area contributed by atoms with Gasteiger partial charge in [-0.25, -0.2) is 4.98 Å². The molecule has 0 fully saturated rings. The van der Waals surface area contributed by atoms with Gasteiger partial charge in [-0.2, -0.15) is 0 Å². The summed E-state index contributed by atoms with van der Waals surface area (Å²) < 4.78 is 3.14. The van der Waals surface area contributed by atoms with E-state index in [1.54, 1.807) is 0 Å². The lowest BCUT2D eigenvalue weighted by Crippen LogP contribution is -2.02. The number of nitrogens with one attached hydrogen (secondary N) is 1. The molecule has 0 aromatic carbocycles. The SMILES string of the molecule is Cc1ccc(C)n1-c1nc2cc[nH]c2cc1Br. The Bertz CT molecular complexity index is 674. The molecule has 0 aliphatic rings. The van der Waals surface area contributed by atoms with E-state index in [1.165, 1.54) is 11.4 Å². The molecule has 0 bridgehead atoms. The minimum Gasteiger partial charge on any atom is -0.360 e. The van der Waals surface area contributed by atoms with Crippen molar-refractivity contribution < 1.29 is 0 Å². The molecular formula is C13H12BrN3. The van der Waals surface area contributed by atoms with E-state index in [2.05, 4.69) is 62.5 Å². The summed E-state index contributed by atoms with van der Waals surface area (Å²) in [7, 11) is 0. The number of aromatic amines is 1. The van der Waals surface area contributed by atoms with E-state index in [4.69, 9.17) is 0 Å². The standard InChI is InChI=1S/C13H12BrN3/c1-8-3-4-9(2)17(8)13-10(14)7-12-11(16-13)5-6-15-12/h3-7,15H,1-2H3. The summed E-state index contributed by atoms with van der Waals surface area (Å²) in [5.74, 6) is 0.942. The van der Waals surface area contributed by atoms with E-state index >= 15 is 0 Å². The summed E-state index contributed by atoms with van der Waals surface area (Å²) in [6, 6.07) is 8.26. The van der Waals surface area contributed by atoms with E-state index < -0.39 is 0 Å². The Morgan fingerprint density at radius 3 is 2.59 bits per heavy atom. The fourth-order valence-corrected chi connectivity index (χ4v) is 2.60. The number of aryl methyl sites for hydroxylation is 2. The molecule has 0 saturated carbocycles. The molecule has 0 aliphatic carbocycles. The van der Waals surface area contributed by atoms with Gasteiger partial charge >= 0.3 is 0 Å². The average Bonchev–Trinajstić information content (AvgIpc) is 2.85. The van der Waals surface area contributed by atoms with Crippen molar-refractivity contribution >= 4 is 27.0 Å². The first kappa shape index (κ1) is 10.6. The highest BCUT2D eigenvalue weighted by atomic mass is 79.9. The van der Waals surface area contributed by atoms with Gasteiger partial charge in [-0.15, -0.1) is 0 Å². The molecule has 3 aromatic rings. The van der Waals surface area contributed by atoms with Crippen LogP contribution in [-0.2, 0) is 0 Å². The van der Waals surface area contributed by atoms with Crippen molar-refractivity contribution in [2.24, 2.45) is 0 Å². The third-order valence-electron chi connectivity index (χ3n) is 2.95. The third-order valence-corrected chi connectivity index (χ3v) is 3.53. The fourth-order valence-electron chi connectivity index (χ4n) is 2.11. The van der Waals surface area contributed by atoms with Crippen LogP contribution in [0.3, 0.4) is 0 Å². The molecule has 0 atom stereocenters. The molecule has 3 nitrogen and oxygen atoms in total. The van der Waals surface area contributed by atoms with Crippen LogP contribution in [-0.4, -0.2) is 14.5 Å². The van der Waals surface area contributed by atoms with Crippen molar-refractivity contribution in [1.29, 1.82) is 0 Å². The molecule has 4 heteroatoms. The maximum atomic E-state index is 4.68. The first-order valence-corrected chi connectivity index (χ1v) is 6.25. The number of hydrogen-bond acceptors (Lipinski definition) is 1. The van der Waals surface area contributed by atoms with Gasteiger partial charge in [0.15, 0.2) is 5.82 Å². The Morgan fingerprint density at radius 2 is 1.88 bits per heavy atom. The lowest BCUT2D eigenvalue weighted by molar-refractivity contribution is 0.924. The topological polar surface area (TPSA) is 33.6 Å². The average molecular weight is 290 g/mol. The first-order chi connectivity index (χ1) is 8.16. The van der Waals surface area contributed by atoms with Gasteiger partial charge < -0.3 is 9.55 Å². The molecule has 3 heterocycles. The summed E-state index contributed by atoms with van der Waals surface area (Å²) in [4.78, 5) is 7.84. The van der Waals surface area contributed by atoms with Crippen molar-refractivity contribution in [3.8, 4) is 5.82 Å². The van der Waals surface area contributed by atoms with Crippen LogP contribution in [0.25, 0.3) is 16.9 Å². The molecule has 17 heavy (non-hydrogen) atoms. The van der Waals surface area contributed by atoms with Gasteiger partial charge in [-0.05, 0) is 54.0 Å². The molecule has 1 N–H and O–H groups in total. The monoisotopic (exact) mass is 289 g/mol. The predicted molar refractivity (Wildman–Crippen MR) is 72.6 cm³/mol. The zero-order valence-electron chi connectivity index (χ0n) is 9.66. The van der Waals surface area contributed by atoms with Gasteiger partial charge in [0.2, 0.25) is 0 Å². The molecule has 3 aromatic heterocycles. The van der Waals surface area contributed by atoms with Crippen molar-refractivity contribution in [1.82, 2.24) is 14.5 Å². The quantitative estimate of drug-likeness (QED) is 0.728. The molecule has 0 spiro atoms. The number of H-pyrrole nitrogens is 1. The van der Waals surface area contributed by atoms with Crippen LogP contribution in [0.4, 0.5) is 0 Å². The molecular weight excluding hydrogens is 278 g/mol.